The van der Waals surface area contributed by atoms with E-state index in [4.69, 9.17) is 10.2 Å². The van der Waals surface area contributed by atoms with Crippen molar-refractivity contribution < 1.29 is 59.4 Å². The molecule has 0 aliphatic rings. The third kappa shape index (κ3) is 22.5. The van der Waals surface area contributed by atoms with Gasteiger partial charge in [-0.3, -0.25) is 24.5 Å². The molecule has 0 saturated carbocycles. The summed E-state index contributed by atoms with van der Waals surface area (Å²) < 4.78 is 0. The van der Waals surface area contributed by atoms with E-state index in [-0.39, 0.29) is 38.9 Å². The van der Waals surface area contributed by atoms with Gasteiger partial charge in [-0.25, -0.2) is 14.4 Å². The van der Waals surface area contributed by atoms with Gasteiger partial charge in [-0.05, 0) is 69.3 Å². The van der Waals surface area contributed by atoms with E-state index in [1.54, 1.807) is 0 Å². The number of urea groups is 1. The number of aliphatic carboxylic acids is 3. The van der Waals surface area contributed by atoms with E-state index in [1.807, 2.05) is 36.7 Å². The molecule has 283 valence electrons. The van der Waals surface area contributed by atoms with E-state index in [9.17, 15) is 29.1 Å². The minimum Gasteiger partial charge on any atom is -0.481 e. The van der Waals surface area contributed by atoms with Crippen molar-refractivity contribution in [2.75, 3.05) is 13.1 Å². The Bertz CT molecular complexity index is 1250. The zero-order chi connectivity index (χ0) is 36.4. The molecule has 0 spiro atoms. The number of carboxylic acids is 3. The van der Waals surface area contributed by atoms with Crippen LogP contribution in [0.3, 0.4) is 0 Å². The molecule has 0 fully saturated rings. The normalized spacial score (nSPS) is 11.9. The molecule has 0 unspecified atom stereocenters. The average Bonchev–Trinajstić information content (AvgIpc) is 3.08. The molecule has 2 rings (SSSR count). The summed E-state index contributed by atoms with van der Waals surface area (Å²) in [7, 11) is 0. The third-order valence-corrected chi connectivity index (χ3v) is 8.20. The fourth-order valence-corrected chi connectivity index (χ4v) is 5.44. The average molecular weight is 797 g/mol. The second-order valence-corrected chi connectivity index (χ2v) is 12.5. The second-order valence-electron chi connectivity index (χ2n) is 12.5. The van der Waals surface area contributed by atoms with Crippen molar-refractivity contribution in [3.05, 3.63) is 60.2 Å². The van der Waals surface area contributed by atoms with Crippen molar-refractivity contribution in [1.29, 1.82) is 0 Å². The minimum absolute atomic E-state index is 0. The molecule has 6 N–H and O–H groups in total. The van der Waals surface area contributed by atoms with Gasteiger partial charge in [0.1, 0.15) is 12.1 Å². The molecule has 2 heterocycles. The number of unbranched alkanes of at least 4 members (excludes halogenated alkanes) is 9. The molecule has 2 aromatic rings. The summed E-state index contributed by atoms with van der Waals surface area (Å²) in [5, 5.41) is 34.4. The van der Waals surface area contributed by atoms with Crippen LogP contribution >= 0.6 is 0 Å². The minimum atomic E-state index is -1.46. The largest absolute Gasteiger partial charge is 0.481 e. The van der Waals surface area contributed by atoms with Gasteiger partial charge in [0.05, 0.1) is 11.4 Å². The molecule has 2 aromatic heterocycles. The molecule has 0 aromatic carbocycles. The Morgan fingerprint density at radius 3 is 1.63 bits per heavy atom. The first-order chi connectivity index (χ1) is 24.1. The molecular weight excluding hydrogens is 742 g/mol. The quantitative estimate of drug-likeness (QED) is 0.0648. The Labute approximate surface area is 313 Å². The summed E-state index contributed by atoms with van der Waals surface area (Å²) in [5.74, 6) is -3.95. The van der Waals surface area contributed by atoms with Crippen LogP contribution in [0.5, 0.6) is 0 Å². The van der Waals surface area contributed by atoms with Gasteiger partial charge in [-0.15, -0.1) is 0 Å². The standard InChI is InChI=1S/C36H54N6O8.Tc/c43-32(39-24-14-11-18-30(34(46)47)40-36(50)41-31(35(48)49)20-21-33(44)45)19-8-6-4-2-1-3-5-7-15-25-42(26-28-16-9-12-22-37-28)27-29-17-10-13-23-38-29;/h9-10,12-13,16-17,22-23,30-31H,1-8,11,14-15,18-21,24-27H2,(H,39,43)(H,44,45)(H,46,47)(H,48,49)(H2,40,41,50);/t30-,31-;/m0./s1. The van der Waals surface area contributed by atoms with Crippen molar-refractivity contribution in [3.8, 4) is 0 Å². The number of aromatic nitrogens is 2. The number of nitrogens with one attached hydrogen (secondary N) is 3. The van der Waals surface area contributed by atoms with Gasteiger partial charge < -0.3 is 31.3 Å². The van der Waals surface area contributed by atoms with Crippen molar-refractivity contribution >= 4 is 29.8 Å². The summed E-state index contributed by atoms with van der Waals surface area (Å²) >= 11 is 0. The molecule has 0 bridgehead atoms. The maximum Gasteiger partial charge on any atom is 0.326 e. The summed E-state index contributed by atoms with van der Waals surface area (Å²) in [5.41, 5.74) is 2.13. The van der Waals surface area contributed by atoms with Gasteiger partial charge in [-0.1, -0.05) is 57.1 Å². The van der Waals surface area contributed by atoms with Gasteiger partial charge in [0.25, 0.3) is 0 Å². The Kier molecular flexibility index (Phi) is 24.5. The number of carbonyl (C=O) groups is 5. The number of nitrogens with zero attached hydrogens (tertiary/aromatic N) is 3. The SMILES string of the molecule is O=C(O)CC[C@H](NC(=O)N[C@@H](CCCCNC(=O)CCCCCCCCCCCN(Cc1ccccn1)Cc1ccccn1)C(=O)O)C(=O)O.[Tc]. The fraction of sp³-hybridized carbons (Fsp3) is 0.583. The van der Waals surface area contributed by atoms with Crippen LogP contribution in [0.2, 0.25) is 0 Å². The Hall–Kier alpha value is -3.94. The summed E-state index contributed by atoms with van der Waals surface area (Å²) in [6.07, 6.45) is 14.3. The fourth-order valence-electron chi connectivity index (χ4n) is 5.44. The zero-order valence-electron chi connectivity index (χ0n) is 29.3. The number of pyridine rings is 2. The van der Waals surface area contributed by atoms with E-state index in [0.717, 1.165) is 63.1 Å². The zero-order valence-corrected chi connectivity index (χ0v) is 31.2. The van der Waals surface area contributed by atoms with Crippen LogP contribution < -0.4 is 16.0 Å². The first-order valence-electron chi connectivity index (χ1n) is 17.7. The van der Waals surface area contributed by atoms with Crippen molar-refractivity contribution in [2.24, 2.45) is 0 Å². The maximum absolute atomic E-state index is 12.2. The summed E-state index contributed by atoms with van der Waals surface area (Å²) in [6.45, 7) is 3.00. The number of amides is 3. The summed E-state index contributed by atoms with van der Waals surface area (Å²) in [4.78, 5) is 69.1. The Morgan fingerprint density at radius 2 is 1.14 bits per heavy atom. The molecule has 15 heteroatoms. The van der Waals surface area contributed by atoms with E-state index in [2.05, 4.69) is 43.0 Å². The molecule has 51 heavy (non-hydrogen) atoms. The number of hydrogen-bond acceptors (Lipinski definition) is 8. The van der Waals surface area contributed by atoms with Gasteiger partial charge in [0, 0.05) is 65.0 Å². The van der Waals surface area contributed by atoms with E-state index >= 15 is 0 Å². The topological polar surface area (TPSA) is 211 Å². The van der Waals surface area contributed by atoms with Crippen molar-refractivity contribution in [2.45, 2.75) is 121 Å². The van der Waals surface area contributed by atoms with E-state index in [0.29, 0.717) is 25.8 Å². The summed E-state index contributed by atoms with van der Waals surface area (Å²) in [6, 6.07) is 8.32. The molecule has 3 amide bonds. The molecular formula is C36H54N6O8Tc. The third-order valence-electron chi connectivity index (χ3n) is 8.20. The number of hydrogen-bond donors (Lipinski definition) is 6. The Morgan fingerprint density at radius 1 is 0.627 bits per heavy atom. The predicted octanol–water partition coefficient (Wildman–Crippen LogP) is 4.73. The first kappa shape index (κ1) is 45.1. The van der Waals surface area contributed by atoms with Crippen molar-refractivity contribution in [1.82, 2.24) is 30.8 Å². The van der Waals surface area contributed by atoms with Crippen LogP contribution in [0.1, 0.15) is 108 Å². The number of rotatable bonds is 28. The Balaban J connectivity index is 0.0000130. The molecule has 0 aliphatic heterocycles. The van der Waals surface area contributed by atoms with Crippen LogP contribution in [0.15, 0.2) is 48.8 Å². The van der Waals surface area contributed by atoms with Crippen LogP contribution in [-0.4, -0.2) is 85.2 Å². The molecule has 2 atom stereocenters. The smallest absolute Gasteiger partial charge is 0.326 e. The van der Waals surface area contributed by atoms with Crippen LogP contribution in [0.4, 0.5) is 4.79 Å². The van der Waals surface area contributed by atoms with Crippen LogP contribution in [-0.2, 0) is 52.4 Å². The molecule has 0 aliphatic carbocycles. The van der Waals surface area contributed by atoms with Gasteiger partial charge >= 0.3 is 23.9 Å². The van der Waals surface area contributed by atoms with Gasteiger partial charge in [-0.2, -0.15) is 0 Å². The van der Waals surface area contributed by atoms with Crippen LogP contribution in [0, 0.1) is 0 Å². The maximum atomic E-state index is 12.2. The molecule has 14 nitrogen and oxygen atoms in total. The predicted molar refractivity (Wildman–Crippen MR) is 187 cm³/mol. The van der Waals surface area contributed by atoms with Gasteiger partial charge in [0.2, 0.25) is 5.91 Å². The van der Waals surface area contributed by atoms with E-state index < -0.39 is 42.4 Å². The van der Waals surface area contributed by atoms with Gasteiger partial charge in [0.15, 0.2) is 0 Å². The van der Waals surface area contributed by atoms with Crippen LogP contribution in [0.25, 0.3) is 0 Å². The number of carboxylic acid groups (broad SMARTS) is 3. The molecule has 1 radical (unpaired) electrons. The first-order valence-corrected chi connectivity index (χ1v) is 17.7. The molecule has 0 saturated heterocycles. The van der Waals surface area contributed by atoms with E-state index in [1.165, 1.54) is 25.7 Å². The number of carbonyl (C=O) groups excluding carboxylic acids is 2. The monoisotopic (exact) mass is 795 g/mol. The second kappa shape index (κ2) is 27.7. The van der Waals surface area contributed by atoms with Crippen molar-refractivity contribution in [3.63, 3.8) is 0 Å².